The van der Waals surface area contributed by atoms with Gasteiger partial charge in [0.2, 0.25) is 0 Å². The fraction of sp³-hybridized carbons (Fsp3) is 1.00. The fourth-order valence-corrected chi connectivity index (χ4v) is 4.66. The van der Waals surface area contributed by atoms with Gasteiger partial charge in [-0.25, -0.2) is 0 Å². The molecule has 15 heavy (non-hydrogen) atoms. The van der Waals surface area contributed by atoms with Crippen LogP contribution in [0.3, 0.4) is 0 Å². The van der Waals surface area contributed by atoms with Crippen molar-refractivity contribution in [3.8, 4) is 0 Å². The molecule has 0 aromatic carbocycles. The van der Waals surface area contributed by atoms with Gasteiger partial charge in [-0.15, -0.1) is 0 Å². The fourth-order valence-electron chi connectivity index (χ4n) is 2.45. The lowest BCUT2D eigenvalue weighted by Crippen LogP contribution is -2.61. The van der Waals surface area contributed by atoms with E-state index in [4.69, 9.17) is 0 Å². The first-order chi connectivity index (χ1) is 7.29. The molecule has 2 N–H and O–H groups in total. The van der Waals surface area contributed by atoms with Crippen molar-refractivity contribution in [2.24, 2.45) is 0 Å². The summed E-state index contributed by atoms with van der Waals surface area (Å²) in [7, 11) is 1.24. The van der Waals surface area contributed by atoms with Gasteiger partial charge in [-0.3, -0.25) is 0 Å². The third kappa shape index (κ3) is 4.22. The van der Waals surface area contributed by atoms with Gasteiger partial charge < -0.3 is 14.5 Å². The van der Waals surface area contributed by atoms with E-state index in [2.05, 4.69) is 35.4 Å². The van der Waals surface area contributed by atoms with E-state index in [1.807, 2.05) is 0 Å². The average molecular weight is 229 g/mol. The van der Waals surface area contributed by atoms with Crippen LogP contribution >= 0.6 is 0 Å². The highest BCUT2D eigenvalue weighted by molar-refractivity contribution is 6.50. The van der Waals surface area contributed by atoms with E-state index >= 15 is 0 Å². The van der Waals surface area contributed by atoms with Crippen molar-refractivity contribution in [3.63, 3.8) is 0 Å². The highest BCUT2D eigenvalue weighted by Gasteiger charge is 2.24. The van der Waals surface area contributed by atoms with Crippen molar-refractivity contribution < 1.29 is 0 Å². The predicted octanol–water partition coefficient (Wildman–Crippen LogP) is 1.19. The minimum absolute atomic E-state index is 0.827. The Hall–Kier alpha value is 0.0969. The first-order valence-corrected chi connectivity index (χ1v) is 8.15. The highest BCUT2D eigenvalue weighted by atomic mass is 28.3. The monoisotopic (exact) mass is 229 g/mol. The second-order valence-electron chi connectivity index (χ2n) is 4.48. The van der Waals surface area contributed by atoms with Gasteiger partial charge in [0.25, 0.3) is 9.28 Å². The Labute approximate surface area is 96.5 Å². The van der Waals surface area contributed by atoms with Crippen LogP contribution in [-0.4, -0.2) is 40.0 Å². The van der Waals surface area contributed by atoms with Gasteiger partial charge >= 0.3 is 0 Å². The van der Waals surface area contributed by atoms with Crippen molar-refractivity contribution in [3.05, 3.63) is 0 Å². The summed E-state index contributed by atoms with van der Waals surface area (Å²) in [6.45, 7) is 6.57. The largest absolute Gasteiger partial charge is 0.316 e. The van der Waals surface area contributed by atoms with Crippen LogP contribution in [0.5, 0.6) is 0 Å². The Kier molecular flexibility index (Phi) is 6.48. The smallest absolute Gasteiger partial charge is 0.267 e. The van der Waals surface area contributed by atoms with E-state index in [-0.39, 0.29) is 0 Å². The van der Waals surface area contributed by atoms with Gasteiger partial charge in [0.1, 0.15) is 0 Å². The van der Waals surface area contributed by atoms with E-state index in [0.717, 1.165) is 19.1 Å². The van der Waals surface area contributed by atoms with E-state index in [0.29, 0.717) is 0 Å². The molecule has 1 saturated carbocycles. The molecule has 90 valence electrons. The molecule has 0 bridgehead atoms. The summed E-state index contributed by atoms with van der Waals surface area (Å²) >= 11 is 0. The Morgan fingerprint density at radius 1 is 1.07 bits per heavy atom. The number of rotatable bonds is 6. The molecule has 0 aromatic rings. The number of hydrogen-bond acceptors (Lipinski definition) is 3. The number of hydrogen-bond donors (Lipinski definition) is 2. The van der Waals surface area contributed by atoms with Crippen molar-refractivity contribution >= 4 is 9.28 Å². The zero-order chi connectivity index (χ0) is 11.1. The van der Waals surface area contributed by atoms with Crippen LogP contribution in [0.15, 0.2) is 0 Å². The average Bonchev–Trinajstić information content (AvgIpc) is 2.29. The summed E-state index contributed by atoms with van der Waals surface area (Å²) < 4.78 is 2.62. The quantitative estimate of drug-likeness (QED) is 0.670. The lowest BCUT2D eigenvalue weighted by Gasteiger charge is -2.36. The van der Waals surface area contributed by atoms with Gasteiger partial charge in [-0.05, 0) is 33.0 Å². The standard InChI is InChI=1S/C11H27N3Si/c1-4-12-15(13-5-2)14(3)11-9-7-6-8-10-11/h11-13,15H,4-10H2,1-3H3. The Bertz CT molecular complexity index is 154. The molecule has 0 unspecified atom stereocenters. The van der Waals surface area contributed by atoms with Crippen molar-refractivity contribution in [1.29, 1.82) is 0 Å². The maximum Gasteiger partial charge on any atom is 0.267 e. The Morgan fingerprint density at radius 2 is 1.60 bits per heavy atom. The summed E-state index contributed by atoms with van der Waals surface area (Å²) in [6.07, 6.45) is 7.09. The van der Waals surface area contributed by atoms with Gasteiger partial charge in [0.05, 0.1) is 0 Å². The van der Waals surface area contributed by atoms with Crippen molar-refractivity contribution in [2.45, 2.75) is 52.0 Å². The Balaban J connectivity index is 2.41. The maximum absolute atomic E-state index is 3.63. The molecule has 4 heteroatoms. The second kappa shape index (κ2) is 7.38. The lowest BCUT2D eigenvalue weighted by molar-refractivity contribution is 0.278. The van der Waals surface area contributed by atoms with Crippen LogP contribution in [0.1, 0.15) is 46.0 Å². The summed E-state index contributed by atoms with van der Waals surface area (Å²) in [6, 6.07) is 0.827. The van der Waals surface area contributed by atoms with E-state index < -0.39 is 9.28 Å². The van der Waals surface area contributed by atoms with Crippen molar-refractivity contribution in [2.75, 3.05) is 20.1 Å². The van der Waals surface area contributed by atoms with Crippen molar-refractivity contribution in [1.82, 2.24) is 14.5 Å². The molecule has 0 radical (unpaired) electrons. The predicted molar refractivity (Wildman–Crippen MR) is 69.1 cm³/mol. The SMILES string of the molecule is CCN[SiH](NCC)N(C)C1CCCCC1. The molecular formula is C11H27N3Si. The second-order valence-corrected chi connectivity index (χ2v) is 6.91. The molecule has 1 fully saturated rings. The minimum atomic E-state index is -1.07. The minimum Gasteiger partial charge on any atom is -0.316 e. The van der Waals surface area contributed by atoms with Crippen LogP contribution < -0.4 is 9.96 Å². The summed E-state index contributed by atoms with van der Waals surface area (Å²) in [4.78, 5) is 7.27. The molecule has 0 amide bonds. The van der Waals surface area contributed by atoms with Gasteiger partial charge in [0.15, 0.2) is 0 Å². The topological polar surface area (TPSA) is 27.3 Å². The Morgan fingerprint density at radius 3 is 2.07 bits per heavy atom. The maximum atomic E-state index is 3.63. The first-order valence-electron chi connectivity index (χ1n) is 6.48. The molecule has 1 rings (SSSR count). The lowest BCUT2D eigenvalue weighted by atomic mass is 9.96. The van der Waals surface area contributed by atoms with E-state index in [1.165, 1.54) is 32.1 Å². The summed E-state index contributed by atoms with van der Waals surface area (Å²) in [5.41, 5.74) is 0. The molecule has 0 aromatic heterocycles. The van der Waals surface area contributed by atoms with Crippen LogP contribution in [0.2, 0.25) is 0 Å². The molecule has 3 nitrogen and oxygen atoms in total. The summed E-state index contributed by atoms with van der Waals surface area (Å²) in [5.74, 6) is 0. The van der Waals surface area contributed by atoms with E-state index in [9.17, 15) is 0 Å². The molecule has 0 heterocycles. The zero-order valence-electron chi connectivity index (χ0n) is 10.6. The molecule has 0 spiro atoms. The van der Waals surface area contributed by atoms with Gasteiger partial charge in [-0.2, -0.15) is 0 Å². The molecule has 1 aliphatic carbocycles. The van der Waals surface area contributed by atoms with Crippen LogP contribution in [-0.2, 0) is 0 Å². The summed E-state index contributed by atoms with van der Waals surface area (Å²) in [5, 5.41) is 0. The van der Waals surface area contributed by atoms with Crippen LogP contribution in [0.4, 0.5) is 0 Å². The highest BCUT2D eigenvalue weighted by Crippen LogP contribution is 2.21. The zero-order valence-corrected chi connectivity index (χ0v) is 11.7. The number of nitrogens with one attached hydrogen (secondary N) is 2. The molecular weight excluding hydrogens is 202 g/mol. The van der Waals surface area contributed by atoms with Crippen LogP contribution in [0, 0.1) is 0 Å². The van der Waals surface area contributed by atoms with E-state index in [1.54, 1.807) is 0 Å². The molecule has 0 saturated heterocycles. The molecule has 1 aliphatic rings. The van der Waals surface area contributed by atoms with Crippen LogP contribution in [0.25, 0.3) is 0 Å². The third-order valence-electron chi connectivity index (χ3n) is 3.35. The van der Waals surface area contributed by atoms with Gasteiger partial charge in [0, 0.05) is 6.04 Å². The molecule has 0 aliphatic heterocycles. The third-order valence-corrected chi connectivity index (χ3v) is 6.18. The molecule has 0 atom stereocenters. The number of nitrogens with zero attached hydrogens (tertiary/aromatic N) is 1. The first kappa shape index (κ1) is 13.2. The normalized spacial score (nSPS) is 19.0. The van der Waals surface area contributed by atoms with Gasteiger partial charge in [-0.1, -0.05) is 33.1 Å².